The number of fused-ring (bicyclic) bond motifs is 3. The number of aromatic nitrogens is 5. The van der Waals surface area contributed by atoms with Crippen LogP contribution in [-0.4, -0.2) is 20.0 Å². The lowest BCUT2D eigenvalue weighted by Crippen LogP contribution is -2.41. The van der Waals surface area contributed by atoms with E-state index in [4.69, 9.17) is 0 Å². The minimum atomic E-state index is -0.557. The monoisotopic (exact) mass is 316 g/mol. The molecule has 0 amide bonds. The maximum atomic E-state index is 12.4. The molecule has 2 heterocycles. The molecule has 0 bridgehead atoms. The zero-order chi connectivity index (χ0) is 16.1. The molecule has 11 nitrogen and oxygen atoms in total. The van der Waals surface area contributed by atoms with E-state index in [0.29, 0.717) is 34.0 Å². The molecule has 0 aliphatic heterocycles. The Kier molecular flexibility index (Phi) is 2.58. The van der Waals surface area contributed by atoms with Gasteiger partial charge in [0, 0.05) is 25.0 Å². The number of hydrogen-bond donors (Lipinski definition) is 0. The molecule has 0 saturated carbocycles. The van der Waals surface area contributed by atoms with Gasteiger partial charge in [-0.3, -0.25) is 14.7 Å². The second-order valence-corrected chi connectivity index (χ2v) is 4.96. The highest BCUT2D eigenvalue weighted by atomic mass is 16.8. The van der Waals surface area contributed by atoms with Gasteiger partial charge in [-0.15, -0.1) is 4.85 Å². The summed E-state index contributed by atoms with van der Waals surface area (Å²) in [6, 6.07) is 5.54. The topological polar surface area (TPSA) is 141 Å². The largest absolute Gasteiger partial charge is 0.692 e. The summed E-state index contributed by atoms with van der Waals surface area (Å²) in [6.45, 7) is 0. The van der Waals surface area contributed by atoms with E-state index < -0.39 is 4.92 Å². The highest BCUT2D eigenvalue weighted by molar-refractivity contribution is 5.59. The van der Waals surface area contributed by atoms with E-state index in [9.17, 15) is 20.5 Å². The molecule has 0 unspecified atom stereocenters. The Morgan fingerprint density at radius 1 is 1.22 bits per heavy atom. The van der Waals surface area contributed by atoms with Gasteiger partial charge in [0.2, 0.25) is 5.69 Å². The standard InChI is InChI=1S/C12H8N6O5/c19-16-9-4-5-10-12(14-23-18(10)22)11(9)13-15(16)7-2-1-3-8(6-7)17(20)21/h1-3,6H,4-5H2. The molecule has 0 atom stereocenters. The normalized spacial score (nSPS) is 12.7. The minimum Gasteiger partial charge on any atom is -0.692 e. The van der Waals surface area contributed by atoms with Crippen LogP contribution < -0.4 is 9.75 Å². The highest BCUT2D eigenvalue weighted by Gasteiger charge is 2.39. The summed E-state index contributed by atoms with van der Waals surface area (Å²) >= 11 is 0. The van der Waals surface area contributed by atoms with E-state index in [1.807, 2.05) is 0 Å². The number of benzene rings is 1. The first-order valence-corrected chi connectivity index (χ1v) is 6.62. The average Bonchev–Trinajstić information content (AvgIpc) is 3.09. The van der Waals surface area contributed by atoms with E-state index in [1.165, 1.54) is 24.3 Å². The van der Waals surface area contributed by atoms with Gasteiger partial charge >= 0.3 is 11.4 Å². The molecule has 11 heteroatoms. The van der Waals surface area contributed by atoms with Crippen LogP contribution in [0, 0.1) is 20.5 Å². The van der Waals surface area contributed by atoms with Crippen molar-refractivity contribution in [1.82, 2.24) is 15.1 Å². The number of nitrogens with zero attached hydrogens (tertiary/aromatic N) is 6. The summed E-state index contributed by atoms with van der Waals surface area (Å²) in [5, 5.41) is 42.5. The van der Waals surface area contributed by atoms with Crippen LogP contribution in [0.4, 0.5) is 5.69 Å². The molecule has 3 aromatic rings. The fourth-order valence-corrected chi connectivity index (χ4v) is 2.58. The summed E-state index contributed by atoms with van der Waals surface area (Å²) in [4.78, 5) is 12.1. The van der Waals surface area contributed by atoms with Crippen LogP contribution in [-0.2, 0) is 12.8 Å². The Bertz CT molecular complexity index is 946. The van der Waals surface area contributed by atoms with Crippen LogP contribution in [0.15, 0.2) is 28.9 Å². The second-order valence-electron chi connectivity index (χ2n) is 4.96. The second kappa shape index (κ2) is 4.50. The van der Waals surface area contributed by atoms with Crippen molar-refractivity contribution >= 4 is 5.69 Å². The van der Waals surface area contributed by atoms with Crippen LogP contribution in [0.25, 0.3) is 17.1 Å². The van der Waals surface area contributed by atoms with Gasteiger partial charge in [-0.25, -0.2) is 0 Å². The predicted octanol–water partition coefficient (Wildman–Crippen LogP) is -0.199. The summed E-state index contributed by atoms with van der Waals surface area (Å²) in [6.07, 6.45) is 0.600. The molecule has 116 valence electrons. The van der Waals surface area contributed by atoms with Gasteiger partial charge in [-0.1, -0.05) is 6.07 Å². The Morgan fingerprint density at radius 2 is 2.00 bits per heavy atom. The van der Waals surface area contributed by atoms with E-state index in [2.05, 4.69) is 14.9 Å². The zero-order valence-electron chi connectivity index (χ0n) is 11.4. The quantitative estimate of drug-likeness (QED) is 0.276. The van der Waals surface area contributed by atoms with Crippen molar-refractivity contribution in [1.29, 1.82) is 0 Å². The van der Waals surface area contributed by atoms with Crippen LogP contribution in [0.5, 0.6) is 0 Å². The minimum absolute atomic E-state index is 0.157. The van der Waals surface area contributed by atoms with E-state index in [1.54, 1.807) is 0 Å². The van der Waals surface area contributed by atoms with Crippen LogP contribution in [0.2, 0.25) is 0 Å². The first-order valence-electron chi connectivity index (χ1n) is 6.62. The van der Waals surface area contributed by atoms with Crippen molar-refractivity contribution in [3.05, 3.63) is 56.2 Å². The molecular weight excluding hydrogens is 308 g/mol. The average molecular weight is 316 g/mol. The van der Waals surface area contributed by atoms with Crippen molar-refractivity contribution in [2.24, 2.45) is 0 Å². The maximum Gasteiger partial charge on any atom is 0.303 e. The van der Waals surface area contributed by atoms with Gasteiger partial charge in [0.15, 0.2) is 5.69 Å². The number of non-ortho nitro benzene ring substituents is 1. The molecule has 2 aromatic heterocycles. The fourth-order valence-electron chi connectivity index (χ4n) is 2.58. The number of hydrogen-bond acceptors (Lipinski definition) is 7. The Morgan fingerprint density at radius 3 is 2.78 bits per heavy atom. The third-order valence-electron chi connectivity index (χ3n) is 3.67. The van der Waals surface area contributed by atoms with Crippen molar-refractivity contribution in [2.45, 2.75) is 12.8 Å². The van der Waals surface area contributed by atoms with E-state index in [-0.39, 0.29) is 22.8 Å². The van der Waals surface area contributed by atoms with Gasteiger partial charge in [-0.2, -0.15) is 0 Å². The summed E-state index contributed by atoms with van der Waals surface area (Å²) < 4.78 is 4.54. The smallest absolute Gasteiger partial charge is 0.303 e. The number of nitro groups is 1. The lowest BCUT2D eigenvalue weighted by atomic mass is 10.0. The van der Waals surface area contributed by atoms with Gasteiger partial charge < -0.3 is 10.4 Å². The van der Waals surface area contributed by atoms with E-state index >= 15 is 0 Å². The molecular formula is C12H8N6O5. The first-order chi connectivity index (χ1) is 11.1. The highest BCUT2D eigenvalue weighted by Crippen LogP contribution is 2.27. The number of rotatable bonds is 2. The maximum absolute atomic E-state index is 12.4. The van der Waals surface area contributed by atoms with E-state index in [0.717, 1.165) is 4.80 Å². The van der Waals surface area contributed by atoms with Crippen molar-refractivity contribution in [3.8, 4) is 17.1 Å². The van der Waals surface area contributed by atoms with Crippen LogP contribution in [0.1, 0.15) is 11.4 Å². The summed E-state index contributed by atoms with van der Waals surface area (Å²) in [5.74, 6) is 0. The Balaban J connectivity index is 1.89. The zero-order valence-corrected chi connectivity index (χ0v) is 11.4. The Hall–Kier alpha value is -3.50. The molecule has 0 spiro atoms. The molecule has 4 rings (SSSR count). The molecule has 0 radical (unpaired) electrons. The van der Waals surface area contributed by atoms with Crippen molar-refractivity contribution < 1.29 is 19.3 Å². The molecule has 1 aliphatic rings. The van der Waals surface area contributed by atoms with Gasteiger partial charge in [0.1, 0.15) is 5.69 Å². The van der Waals surface area contributed by atoms with Gasteiger partial charge in [0.05, 0.1) is 15.2 Å². The fraction of sp³-hybridized carbons (Fsp3) is 0.167. The molecule has 0 fully saturated rings. The molecule has 23 heavy (non-hydrogen) atoms. The lowest BCUT2D eigenvalue weighted by Gasteiger charge is -2.07. The molecule has 0 N–H and O–H groups in total. The van der Waals surface area contributed by atoms with Gasteiger partial charge in [-0.05, 0) is 15.8 Å². The predicted molar refractivity (Wildman–Crippen MR) is 71.0 cm³/mol. The van der Waals surface area contributed by atoms with Crippen LogP contribution >= 0.6 is 0 Å². The third-order valence-corrected chi connectivity index (χ3v) is 3.67. The number of nitro benzene ring substituents is 1. The molecule has 0 saturated heterocycles. The third kappa shape index (κ3) is 1.83. The van der Waals surface area contributed by atoms with Crippen LogP contribution in [0.3, 0.4) is 0 Å². The Labute approximate surface area is 127 Å². The van der Waals surface area contributed by atoms with Gasteiger partial charge in [0.25, 0.3) is 5.69 Å². The first kappa shape index (κ1) is 13.2. The van der Waals surface area contributed by atoms with Crippen molar-refractivity contribution in [3.63, 3.8) is 0 Å². The molecule has 1 aromatic carbocycles. The SMILES string of the molecule is O=[N+]([O-])c1cccc(-n2nc3c([n+]2[O-])CCc2c-3no[n+]2[O-])c1. The summed E-state index contributed by atoms with van der Waals surface area (Å²) in [5.41, 5.74) is 1.18. The lowest BCUT2D eigenvalue weighted by molar-refractivity contribution is -0.808. The van der Waals surface area contributed by atoms with Crippen molar-refractivity contribution in [2.75, 3.05) is 0 Å². The summed E-state index contributed by atoms with van der Waals surface area (Å²) in [7, 11) is 0. The molecule has 1 aliphatic carbocycles.